The van der Waals surface area contributed by atoms with Crippen molar-refractivity contribution in [3.05, 3.63) is 29.3 Å². The maximum Gasteiger partial charge on any atom is 0.0533 e. The maximum absolute atomic E-state index is 6.25. The number of hydrogen-bond donors (Lipinski definition) is 1. The molecule has 1 aromatic carbocycles. The number of nitrogens with two attached hydrogens (primary N) is 1. The Bertz CT molecular complexity index is 451. The van der Waals surface area contributed by atoms with Crippen molar-refractivity contribution in [2.75, 3.05) is 38.1 Å². The summed E-state index contributed by atoms with van der Waals surface area (Å²) in [5.74, 6) is 0. The number of anilines is 1. The fourth-order valence-electron chi connectivity index (χ4n) is 3.65. The van der Waals surface area contributed by atoms with Crippen molar-refractivity contribution in [2.45, 2.75) is 45.6 Å². The molecule has 21 heavy (non-hydrogen) atoms. The van der Waals surface area contributed by atoms with Crippen LogP contribution in [0.2, 0.25) is 0 Å². The SMILES string of the molecule is CCN1CCCC(CN)(N(C)c2cc(C)cc(C)c2)CC1. The zero-order chi connectivity index (χ0) is 15.5. The van der Waals surface area contributed by atoms with Gasteiger partial charge in [-0.2, -0.15) is 0 Å². The van der Waals surface area contributed by atoms with E-state index < -0.39 is 0 Å². The Morgan fingerprint density at radius 2 is 1.81 bits per heavy atom. The quantitative estimate of drug-likeness (QED) is 0.925. The van der Waals surface area contributed by atoms with Crippen LogP contribution in [0.1, 0.15) is 37.3 Å². The van der Waals surface area contributed by atoms with Gasteiger partial charge in [0.25, 0.3) is 0 Å². The largest absolute Gasteiger partial charge is 0.368 e. The highest BCUT2D eigenvalue weighted by Crippen LogP contribution is 2.32. The normalized spacial score (nSPS) is 23.9. The van der Waals surface area contributed by atoms with Crippen LogP contribution in [0.5, 0.6) is 0 Å². The van der Waals surface area contributed by atoms with Gasteiger partial charge in [-0.1, -0.05) is 13.0 Å². The van der Waals surface area contributed by atoms with Gasteiger partial charge in [0, 0.05) is 25.8 Å². The van der Waals surface area contributed by atoms with E-state index in [2.05, 4.69) is 55.8 Å². The van der Waals surface area contributed by atoms with Gasteiger partial charge in [0.05, 0.1) is 5.54 Å². The lowest BCUT2D eigenvalue weighted by Gasteiger charge is -2.42. The molecule has 0 saturated carbocycles. The van der Waals surface area contributed by atoms with Gasteiger partial charge < -0.3 is 15.5 Å². The minimum Gasteiger partial charge on any atom is -0.368 e. The molecule has 2 N–H and O–H groups in total. The number of aryl methyl sites for hydroxylation is 2. The number of benzene rings is 1. The first-order valence-corrected chi connectivity index (χ1v) is 8.25. The fourth-order valence-corrected chi connectivity index (χ4v) is 3.65. The molecule has 0 amide bonds. The summed E-state index contributed by atoms with van der Waals surface area (Å²) in [5, 5.41) is 0. The van der Waals surface area contributed by atoms with Crippen molar-refractivity contribution in [2.24, 2.45) is 5.73 Å². The second-order valence-corrected chi connectivity index (χ2v) is 6.62. The molecular weight excluding hydrogens is 258 g/mol. The van der Waals surface area contributed by atoms with E-state index in [1.165, 1.54) is 36.2 Å². The van der Waals surface area contributed by atoms with Crippen LogP contribution in [0.25, 0.3) is 0 Å². The van der Waals surface area contributed by atoms with E-state index in [4.69, 9.17) is 5.73 Å². The molecule has 0 bridgehead atoms. The second kappa shape index (κ2) is 6.80. The highest BCUT2D eigenvalue weighted by molar-refractivity contribution is 5.52. The fraction of sp³-hybridized carbons (Fsp3) is 0.667. The van der Waals surface area contributed by atoms with Crippen molar-refractivity contribution in [3.63, 3.8) is 0 Å². The van der Waals surface area contributed by atoms with Crippen molar-refractivity contribution >= 4 is 5.69 Å². The van der Waals surface area contributed by atoms with Gasteiger partial charge >= 0.3 is 0 Å². The van der Waals surface area contributed by atoms with Crippen LogP contribution in [0, 0.1) is 13.8 Å². The summed E-state index contributed by atoms with van der Waals surface area (Å²) in [7, 11) is 2.22. The van der Waals surface area contributed by atoms with Gasteiger partial charge in [-0.15, -0.1) is 0 Å². The lowest BCUT2D eigenvalue weighted by molar-refractivity contribution is 0.287. The van der Waals surface area contributed by atoms with Crippen molar-refractivity contribution in [3.8, 4) is 0 Å². The third kappa shape index (κ3) is 3.58. The third-order valence-electron chi connectivity index (χ3n) is 5.14. The van der Waals surface area contributed by atoms with Gasteiger partial charge in [-0.05, 0) is 69.5 Å². The Hall–Kier alpha value is -1.06. The zero-order valence-corrected chi connectivity index (χ0v) is 14.2. The van der Waals surface area contributed by atoms with E-state index in [9.17, 15) is 0 Å². The van der Waals surface area contributed by atoms with Crippen LogP contribution in [-0.2, 0) is 0 Å². The molecule has 1 saturated heterocycles. The summed E-state index contributed by atoms with van der Waals surface area (Å²) >= 11 is 0. The average molecular weight is 289 g/mol. The zero-order valence-electron chi connectivity index (χ0n) is 14.2. The van der Waals surface area contributed by atoms with Gasteiger partial charge in [0.2, 0.25) is 0 Å². The van der Waals surface area contributed by atoms with Crippen molar-refractivity contribution in [1.82, 2.24) is 4.90 Å². The summed E-state index contributed by atoms with van der Waals surface area (Å²) in [5.41, 5.74) is 10.3. The first-order valence-electron chi connectivity index (χ1n) is 8.25. The number of nitrogens with zero attached hydrogens (tertiary/aromatic N) is 2. The van der Waals surface area contributed by atoms with E-state index in [-0.39, 0.29) is 5.54 Å². The standard InChI is InChI=1S/C18H31N3/c1-5-21-9-6-7-18(14-19,8-10-21)20(4)17-12-15(2)11-16(3)13-17/h11-13H,5-10,14,19H2,1-4H3. The Morgan fingerprint density at radius 1 is 1.14 bits per heavy atom. The predicted molar refractivity (Wildman–Crippen MR) is 92.1 cm³/mol. The summed E-state index contributed by atoms with van der Waals surface area (Å²) in [6.45, 7) is 10.8. The Balaban J connectivity index is 2.26. The second-order valence-electron chi connectivity index (χ2n) is 6.62. The molecular formula is C18H31N3. The highest BCUT2D eigenvalue weighted by Gasteiger charge is 2.35. The lowest BCUT2D eigenvalue weighted by atomic mass is 9.88. The summed E-state index contributed by atoms with van der Waals surface area (Å²) < 4.78 is 0. The number of hydrogen-bond acceptors (Lipinski definition) is 3. The molecule has 1 unspecified atom stereocenters. The molecule has 118 valence electrons. The van der Waals surface area contributed by atoms with Gasteiger partial charge in [-0.25, -0.2) is 0 Å². The molecule has 3 nitrogen and oxygen atoms in total. The highest BCUT2D eigenvalue weighted by atomic mass is 15.2. The van der Waals surface area contributed by atoms with E-state index >= 15 is 0 Å². The first kappa shape index (κ1) is 16.3. The average Bonchev–Trinajstić information content (AvgIpc) is 2.68. The molecule has 0 spiro atoms. The van der Waals surface area contributed by atoms with Crippen LogP contribution in [0.15, 0.2) is 18.2 Å². The minimum atomic E-state index is 0.101. The van der Waals surface area contributed by atoms with Crippen molar-refractivity contribution < 1.29 is 0 Å². The first-order chi connectivity index (χ1) is 10.0. The number of rotatable bonds is 4. The number of likely N-dealkylation sites (N-methyl/N-ethyl adjacent to an activating group) is 1. The topological polar surface area (TPSA) is 32.5 Å². The Morgan fingerprint density at radius 3 is 2.38 bits per heavy atom. The molecule has 1 atom stereocenters. The third-order valence-corrected chi connectivity index (χ3v) is 5.14. The molecule has 2 rings (SSSR count). The van der Waals surface area contributed by atoms with Gasteiger partial charge in [0.1, 0.15) is 0 Å². The number of likely N-dealkylation sites (tertiary alicyclic amines) is 1. The minimum absolute atomic E-state index is 0.101. The summed E-state index contributed by atoms with van der Waals surface area (Å²) in [6, 6.07) is 6.80. The Kier molecular flexibility index (Phi) is 5.28. The van der Waals surface area contributed by atoms with Crippen molar-refractivity contribution in [1.29, 1.82) is 0 Å². The Labute approximate surface area is 130 Å². The molecule has 1 heterocycles. The molecule has 1 aromatic rings. The summed E-state index contributed by atoms with van der Waals surface area (Å²) in [4.78, 5) is 5.00. The van der Waals surface area contributed by atoms with E-state index in [1.807, 2.05) is 0 Å². The van der Waals surface area contributed by atoms with Gasteiger partial charge in [0.15, 0.2) is 0 Å². The molecule has 0 aliphatic carbocycles. The smallest absolute Gasteiger partial charge is 0.0533 e. The van der Waals surface area contributed by atoms with Crippen LogP contribution in [-0.4, -0.2) is 43.7 Å². The van der Waals surface area contributed by atoms with Gasteiger partial charge in [-0.3, -0.25) is 0 Å². The molecule has 1 fully saturated rings. The lowest BCUT2D eigenvalue weighted by Crippen LogP contribution is -2.53. The monoisotopic (exact) mass is 289 g/mol. The van der Waals surface area contributed by atoms with Crippen LogP contribution >= 0.6 is 0 Å². The summed E-state index contributed by atoms with van der Waals surface area (Å²) in [6.07, 6.45) is 3.57. The van der Waals surface area contributed by atoms with E-state index in [0.29, 0.717) is 0 Å². The van der Waals surface area contributed by atoms with Crippen LogP contribution in [0.4, 0.5) is 5.69 Å². The van der Waals surface area contributed by atoms with Crippen LogP contribution < -0.4 is 10.6 Å². The van der Waals surface area contributed by atoms with E-state index in [0.717, 1.165) is 26.1 Å². The molecule has 3 heteroatoms. The van der Waals surface area contributed by atoms with E-state index in [1.54, 1.807) is 0 Å². The molecule has 1 aliphatic rings. The molecule has 0 aromatic heterocycles. The maximum atomic E-state index is 6.25. The molecule has 0 radical (unpaired) electrons. The molecule has 1 aliphatic heterocycles. The predicted octanol–water partition coefficient (Wildman–Crippen LogP) is 2.94. The van der Waals surface area contributed by atoms with Crippen LogP contribution in [0.3, 0.4) is 0 Å².